The SMILES string of the molecule is CCCCC(=O)C1NCCc2ccccc21. The Balaban J connectivity index is 2.15. The van der Waals surface area contributed by atoms with Crippen molar-refractivity contribution in [3.8, 4) is 0 Å². The van der Waals surface area contributed by atoms with Crippen LogP contribution in [0.25, 0.3) is 0 Å². The second-order valence-corrected chi connectivity index (χ2v) is 4.41. The number of carbonyl (C=O) groups is 1. The maximum Gasteiger partial charge on any atom is 0.154 e. The van der Waals surface area contributed by atoms with Crippen molar-refractivity contribution in [3.05, 3.63) is 35.4 Å². The van der Waals surface area contributed by atoms with E-state index in [1.165, 1.54) is 11.1 Å². The smallest absolute Gasteiger partial charge is 0.154 e. The number of ketones is 1. The Bertz CT molecular complexity index is 373. The van der Waals surface area contributed by atoms with E-state index in [9.17, 15) is 4.79 Å². The first-order valence-corrected chi connectivity index (χ1v) is 6.17. The number of carbonyl (C=O) groups excluding carboxylic acids is 1. The Morgan fingerprint density at radius 3 is 3.06 bits per heavy atom. The monoisotopic (exact) mass is 217 g/mol. The van der Waals surface area contributed by atoms with Gasteiger partial charge in [-0.15, -0.1) is 0 Å². The summed E-state index contributed by atoms with van der Waals surface area (Å²) >= 11 is 0. The second-order valence-electron chi connectivity index (χ2n) is 4.41. The van der Waals surface area contributed by atoms with Crippen LogP contribution in [0, 0.1) is 0 Å². The second kappa shape index (κ2) is 5.26. The lowest BCUT2D eigenvalue weighted by Crippen LogP contribution is -2.35. The maximum absolute atomic E-state index is 12.1. The molecule has 2 rings (SSSR count). The summed E-state index contributed by atoms with van der Waals surface area (Å²) in [6.45, 7) is 3.04. The predicted octanol–water partition coefficient (Wildman–Crippen LogP) is 2.63. The first-order chi connectivity index (χ1) is 7.83. The number of benzene rings is 1. The normalized spacial score (nSPS) is 19.2. The van der Waals surface area contributed by atoms with E-state index in [1.807, 2.05) is 6.07 Å². The largest absolute Gasteiger partial charge is 0.303 e. The van der Waals surface area contributed by atoms with Crippen molar-refractivity contribution in [2.45, 2.75) is 38.6 Å². The van der Waals surface area contributed by atoms with E-state index in [2.05, 4.69) is 30.4 Å². The van der Waals surface area contributed by atoms with Gasteiger partial charge in [0.15, 0.2) is 5.78 Å². The van der Waals surface area contributed by atoms with Crippen molar-refractivity contribution in [3.63, 3.8) is 0 Å². The molecule has 1 heterocycles. The Morgan fingerprint density at radius 2 is 2.25 bits per heavy atom. The topological polar surface area (TPSA) is 29.1 Å². The van der Waals surface area contributed by atoms with E-state index >= 15 is 0 Å². The molecule has 1 aliphatic heterocycles. The van der Waals surface area contributed by atoms with Crippen molar-refractivity contribution in [1.82, 2.24) is 5.32 Å². The molecule has 0 saturated carbocycles. The minimum Gasteiger partial charge on any atom is -0.303 e. The number of unbranched alkanes of at least 4 members (excludes halogenated alkanes) is 1. The van der Waals surface area contributed by atoms with Crippen molar-refractivity contribution >= 4 is 5.78 Å². The summed E-state index contributed by atoms with van der Waals surface area (Å²) in [5.41, 5.74) is 2.52. The highest BCUT2D eigenvalue weighted by Crippen LogP contribution is 2.24. The fraction of sp³-hybridized carbons (Fsp3) is 0.500. The molecular formula is C14H19NO. The zero-order chi connectivity index (χ0) is 11.4. The molecule has 0 spiro atoms. The highest BCUT2D eigenvalue weighted by Gasteiger charge is 2.24. The van der Waals surface area contributed by atoms with Gasteiger partial charge in [0.2, 0.25) is 0 Å². The van der Waals surface area contributed by atoms with Gasteiger partial charge in [-0.1, -0.05) is 37.6 Å². The Morgan fingerprint density at radius 1 is 1.44 bits per heavy atom. The molecule has 0 bridgehead atoms. The van der Waals surface area contributed by atoms with Crippen LogP contribution in [0.15, 0.2) is 24.3 Å². The van der Waals surface area contributed by atoms with Gasteiger partial charge in [0.05, 0.1) is 6.04 Å². The van der Waals surface area contributed by atoms with Crippen LogP contribution in [0.2, 0.25) is 0 Å². The molecule has 1 atom stereocenters. The Hall–Kier alpha value is -1.15. The maximum atomic E-state index is 12.1. The third-order valence-electron chi connectivity index (χ3n) is 3.21. The zero-order valence-corrected chi connectivity index (χ0v) is 9.83. The molecule has 0 radical (unpaired) electrons. The molecule has 0 aliphatic carbocycles. The lowest BCUT2D eigenvalue weighted by atomic mass is 9.90. The highest BCUT2D eigenvalue weighted by molar-refractivity contribution is 5.85. The van der Waals surface area contributed by atoms with E-state index in [-0.39, 0.29) is 6.04 Å². The molecule has 16 heavy (non-hydrogen) atoms. The summed E-state index contributed by atoms with van der Waals surface area (Å²) in [6, 6.07) is 8.23. The van der Waals surface area contributed by atoms with Gasteiger partial charge in [-0.2, -0.15) is 0 Å². The number of fused-ring (bicyclic) bond motifs is 1. The lowest BCUT2D eigenvalue weighted by Gasteiger charge is -2.25. The first kappa shape index (κ1) is 11.3. The number of nitrogens with one attached hydrogen (secondary N) is 1. The standard InChI is InChI=1S/C14H19NO/c1-2-3-8-13(16)14-12-7-5-4-6-11(12)9-10-15-14/h4-7,14-15H,2-3,8-10H2,1H3. The molecule has 0 amide bonds. The molecule has 2 nitrogen and oxygen atoms in total. The van der Waals surface area contributed by atoms with Gasteiger partial charge in [0.25, 0.3) is 0 Å². The first-order valence-electron chi connectivity index (χ1n) is 6.17. The van der Waals surface area contributed by atoms with Gasteiger partial charge >= 0.3 is 0 Å². The molecule has 1 aliphatic rings. The molecule has 1 unspecified atom stereocenters. The fourth-order valence-corrected chi connectivity index (χ4v) is 2.29. The van der Waals surface area contributed by atoms with Crippen LogP contribution in [0.1, 0.15) is 43.4 Å². The minimum atomic E-state index is -0.0588. The molecule has 0 aromatic heterocycles. The summed E-state index contributed by atoms with van der Waals surface area (Å²) < 4.78 is 0. The van der Waals surface area contributed by atoms with Crippen LogP contribution in [-0.4, -0.2) is 12.3 Å². The molecule has 2 heteroatoms. The Labute approximate surface area is 97.1 Å². The van der Waals surface area contributed by atoms with E-state index < -0.39 is 0 Å². The lowest BCUT2D eigenvalue weighted by molar-refractivity contribution is -0.121. The van der Waals surface area contributed by atoms with Crippen molar-refractivity contribution < 1.29 is 4.79 Å². The highest BCUT2D eigenvalue weighted by atomic mass is 16.1. The van der Waals surface area contributed by atoms with Crippen molar-refractivity contribution in [2.75, 3.05) is 6.54 Å². The quantitative estimate of drug-likeness (QED) is 0.840. The van der Waals surface area contributed by atoms with Crippen molar-refractivity contribution in [1.29, 1.82) is 0 Å². The van der Waals surface area contributed by atoms with Gasteiger partial charge in [-0.05, 0) is 24.0 Å². The summed E-state index contributed by atoms with van der Waals surface area (Å²) in [5.74, 6) is 0.342. The van der Waals surface area contributed by atoms with E-state index in [0.717, 1.165) is 25.8 Å². The van der Waals surface area contributed by atoms with E-state index in [4.69, 9.17) is 0 Å². The average molecular weight is 217 g/mol. The summed E-state index contributed by atoms with van der Waals surface area (Å²) in [7, 11) is 0. The average Bonchev–Trinajstić information content (AvgIpc) is 2.35. The fourth-order valence-electron chi connectivity index (χ4n) is 2.29. The summed E-state index contributed by atoms with van der Waals surface area (Å²) in [5, 5.41) is 3.33. The van der Waals surface area contributed by atoms with Crippen LogP contribution < -0.4 is 5.32 Å². The summed E-state index contributed by atoms with van der Waals surface area (Å²) in [6.07, 6.45) is 3.81. The number of hydrogen-bond donors (Lipinski definition) is 1. The minimum absolute atomic E-state index is 0.0588. The molecule has 0 fully saturated rings. The third kappa shape index (κ3) is 2.33. The van der Waals surface area contributed by atoms with Gasteiger partial charge in [0, 0.05) is 13.0 Å². The van der Waals surface area contributed by atoms with Crippen LogP contribution in [0.5, 0.6) is 0 Å². The van der Waals surface area contributed by atoms with Crippen molar-refractivity contribution in [2.24, 2.45) is 0 Å². The number of hydrogen-bond acceptors (Lipinski definition) is 2. The van der Waals surface area contributed by atoms with Gasteiger partial charge < -0.3 is 5.32 Å². The van der Waals surface area contributed by atoms with Gasteiger partial charge in [-0.3, -0.25) is 4.79 Å². The van der Waals surface area contributed by atoms with Crippen LogP contribution in [0.4, 0.5) is 0 Å². The predicted molar refractivity (Wildman–Crippen MR) is 65.4 cm³/mol. The molecular weight excluding hydrogens is 198 g/mol. The third-order valence-corrected chi connectivity index (χ3v) is 3.21. The van der Waals surface area contributed by atoms with Gasteiger partial charge in [-0.25, -0.2) is 0 Å². The molecule has 1 N–H and O–H groups in total. The molecule has 0 saturated heterocycles. The molecule has 1 aromatic carbocycles. The Kier molecular flexibility index (Phi) is 3.73. The number of Topliss-reactive ketones (excluding diaryl/α,β-unsaturated/α-hetero) is 1. The van der Waals surface area contributed by atoms with Crippen LogP contribution >= 0.6 is 0 Å². The summed E-state index contributed by atoms with van der Waals surface area (Å²) in [4.78, 5) is 12.1. The molecule has 86 valence electrons. The van der Waals surface area contributed by atoms with Gasteiger partial charge in [0.1, 0.15) is 0 Å². The van der Waals surface area contributed by atoms with Crippen LogP contribution in [0.3, 0.4) is 0 Å². The van der Waals surface area contributed by atoms with E-state index in [0.29, 0.717) is 12.2 Å². The zero-order valence-electron chi connectivity index (χ0n) is 9.83. The molecule has 1 aromatic rings. The van der Waals surface area contributed by atoms with E-state index in [1.54, 1.807) is 0 Å². The number of rotatable bonds is 4. The van der Waals surface area contributed by atoms with Crippen LogP contribution in [-0.2, 0) is 11.2 Å².